The molecule has 0 N–H and O–H groups in total. The number of nitrogens with zero attached hydrogens (tertiary/aromatic N) is 7. The van der Waals surface area contributed by atoms with Crippen LogP contribution in [-0.4, -0.2) is 33.2 Å². The standard InChI is InChI=1S/C60H37N7S2/c1-36-18-17-28-45-52-51-44-27-13-16-31-48(44)67(58(51)69-56(52)65(53(36)45)41-23-9-4-10-24-41)60-62-54(39-34-32-38(33-35-39)37-19-5-2-6-20-37)61-59(63-60)66-47-30-15-12-26-43(47)50-49-42-25-11-14-29-46(42)64(55(49)68-57(50)66)40-21-7-3-8-22-40/h2-35H,1H3/i11D,12D,13D,17D,29D,30D,31D. The lowest BCUT2D eigenvalue weighted by atomic mass is 10.0. The molecule has 0 aliphatic rings. The average molecular weight is 927 g/mol. The van der Waals surface area contributed by atoms with Gasteiger partial charge in [-0.3, -0.25) is 9.13 Å². The van der Waals surface area contributed by atoms with Crippen molar-refractivity contribution in [2.45, 2.75) is 6.92 Å². The van der Waals surface area contributed by atoms with Crippen molar-refractivity contribution in [2.24, 2.45) is 0 Å². The van der Waals surface area contributed by atoms with Crippen LogP contribution in [-0.2, 0) is 0 Å². The minimum absolute atomic E-state index is 0.0903. The third kappa shape index (κ3) is 5.51. The molecule has 0 saturated carbocycles. The Morgan fingerprint density at radius 1 is 0.377 bits per heavy atom. The summed E-state index contributed by atoms with van der Waals surface area (Å²) >= 11 is 3.01. The van der Waals surface area contributed by atoms with E-state index in [-0.39, 0.29) is 48.2 Å². The summed E-state index contributed by atoms with van der Waals surface area (Å²) in [5.41, 5.74) is 8.12. The first-order valence-corrected chi connectivity index (χ1v) is 24.1. The van der Waals surface area contributed by atoms with Crippen molar-refractivity contribution in [1.82, 2.24) is 33.2 Å². The molecule has 0 atom stereocenters. The van der Waals surface area contributed by atoms with Crippen molar-refractivity contribution >= 4 is 107 Å². The fourth-order valence-corrected chi connectivity index (χ4v) is 13.1. The molecule has 8 aromatic carbocycles. The first-order chi connectivity index (χ1) is 37.0. The van der Waals surface area contributed by atoms with Crippen LogP contribution in [0.15, 0.2) is 206 Å². The molecule has 7 heterocycles. The van der Waals surface area contributed by atoms with Crippen molar-refractivity contribution < 1.29 is 9.60 Å². The smallest absolute Gasteiger partial charge is 0.240 e. The Labute approximate surface area is 412 Å². The lowest BCUT2D eigenvalue weighted by Gasteiger charge is -2.12. The van der Waals surface area contributed by atoms with Crippen LogP contribution in [0, 0.1) is 6.92 Å². The summed E-state index contributed by atoms with van der Waals surface area (Å²) in [6.45, 7) is 2.03. The Balaban J connectivity index is 1.09. The van der Waals surface area contributed by atoms with Crippen LogP contribution in [0.3, 0.4) is 0 Å². The molecule has 0 radical (unpaired) electrons. The number of fused-ring (bicyclic) bond motifs is 14. The van der Waals surface area contributed by atoms with Crippen molar-refractivity contribution in [1.29, 1.82) is 0 Å². The van der Waals surface area contributed by atoms with Crippen LogP contribution < -0.4 is 0 Å². The third-order valence-electron chi connectivity index (χ3n) is 13.3. The lowest BCUT2D eigenvalue weighted by Crippen LogP contribution is -2.09. The van der Waals surface area contributed by atoms with E-state index in [0.29, 0.717) is 55.0 Å². The number of aromatic nitrogens is 7. The molecule has 0 aliphatic carbocycles. The number of hydrogen-bond acceptors (Lipinski definition) is 5. The minimum Gasteiger partial charge on any atom is -0.301 e. The molecule has 69 heavy (non-hydrogen) atoms. The van der Waals surface area contributed by atoms with E-state index in [2.05, 4.69) is 33.4 Å². The van der Waals surface area contributed by atoms with E-state index in [0.717, 1.165) is 75.0 Å². The molecule has 0 amide bonds. The molecule has 7 aromatic heterocycles. The van der Waals surface area contributed by atoms with Gasteiger partial charge in [0, 0.05) is 60.0 Å². The largest absolute Gasteiger partial charge is 0.301 e. The van der Waals surface area contributed by atoms with E-state index in [9.17, 15) is 4.11 Å². The molecule has 0 spiro atoms. The van der Waals surface area contributed by atoms with Crippen LogP contribution in [0.4, 0.5) is 0 Å². The van der Waals surface area contributed by atoms with Crippen LogP contribution in [0.5, 0.6) is 0 Å². The molecule has 9 heteroatoms. The highest BCUT2D eigenvalue weighted by atomic mass is 32.1. The lowest BCUT2D eigenvalue weighted by molar-refractivity contribution is 0.897. The average Bonchev–Trinajstić information content (AvgIpc) is 4.34. The fourth-order valence-electron chi connectivity index (χ4n) is 10.4. The third-order valence-corrected chi connectivity index (χ3v) is 15.6. The van der Waals surface area contributed by atoms with Crippen LogP contribution in [0.2, 0.25) is 0 Å². The highest BCUT2D eigenvalue weighted by molar-refractivity contribution is 7.26. The summed E-state index contributed by atoms with van der Waals surface area (Å²) in [5, 5.41) is 6.18. The molecule has 15 aromatic rings. The van der Waals surface area contributed by atoms with Crippen molar-refractivity contribution in [2.75, 3.05) is 0 Å². The zero-order chi connectivity index (χ0) is 51.4. The van der Waals surface area contributed by atoms with E-state index >= 15 is 0 Å². The molecule has 0 unspecified atom stereocenters. The predicted molar refractivity (Wildman–Crippen MR) is 289 cm³/mol. The van der Waals surface area contributed by atoms with Gasteiger partial charge in [-0.25, -0.2) is 0 Å². The number of hydrogen-bond donors (Lipinski definition) is 0. The summed E-state index contributed by atoms with van der Waals surface area (Å²) in [6.07, 6.45) is 0. The van der Waals surface area contributed by atoms with Crippen molar-refractivity contribution in [3.8, 4) is 45.8 Å². The molecule has 324 valence electrons. The Bertz CT molecular complexity index is 4690. The second kappa shape index (κ2) is 14.7. The molecule has 0 saturated heterocycles. The summed E-state index contributed by atoms with van der Waals surface area (Å²) in [5.74, 6) is 0.755. The van der Waals surface area contributed by atoms with Gasteiger partial charge < -0.3 is 9.13 Å². The number of benzene rings is 8. The monoisotopic (exact) mass is 926 g/mol. The number of thiophene rings is 2. The van der Waals surface area contributed by atoms with E-state index in [1.807, 2.05) is 119 Å². The predicted octanol–water partition coefficient (Wildman–Crippen LogP) is 16.0. The summed E-state index contributed by atoms with van der Waals surface area (Å²) in [7, 11) is 0. The summed E-state index contributed by atoms with van der Waals surface area (Å²) in [6, 6.07) is 53.3. The Morgan fingerprint density at radius 3 is 1.35 bits per heavy atom. The molecular weight excluding hydrogens is 883 g/mol. The zero-order valence-corrected chi connectivity index (χ0v) is 38.2. The Kier molecular flexibility index (Phi) is 6.84. The first-order valence-electron chi connectivity index (χ1n) is 26.0. The highest BCUT2D eigenvalue weighted by Crippen LogP contribution is 2.49. The van der Waals surface area contributed by atoms with E-state index in [4.69, 9.17) is 20.4 Å². The van der Waals surface area contributed by atoms with E-state index in [1.54, 1.807) is 24.3 Å². The van der Waals surface area contributed by atoms with Crippen LogP contribution in [0.1, 0.15) is 15.2 Å². The van der Waals surface area contributed by atoms with Gasteiger partial charge in [-0.05, 0) is 66.0 Å². The van der Waals surface area contributed by atoms with E-state index in [1.165, 1.54) is 34.8 Å². The zero-order valence-electron chi connectivity index (χ0n) is 43.5. The summed E-state index contributed by atoms with van der Waals surface area (Å²) < 4.78 is 72.3. The molecular formula is C60H37N7S2. The van der Waals surface area contributed by atoms with Gasteiger partial charge in [0.1, 0.15) is 19.3 Å². The number of aryl methyl sites for hydroxylation is 1. The molecule has 0 fully saturated rings. The van der Waals surface area contributed by atoms with Crippen LogP contribution in [0.25, 0.3) is 130 Å². The maximum atomic E-state index is 9.64. The second-order valence-electron chi connectivity index (χ2n) is 17.1. The van der Waals surface area contributed by atoms with Crippen molar-refractivity contribution in [3.63, 3.8) is 0 Å². The SMILES string of the molecule is [2H]c1cc([2H])c2c(c1)c1c3c4cc([2H])cc([2H])c4n(-c4nc(-c5ccc(-c6ccccc6)cc5)nc(-n5c6sc7c(c8cc([2H])cc(C)c8n7-c7ccccc7)c6c6cc([2H])cc([2H])c65)n4)c3sc1n2-c1ccccc1. The van der Waals surface area contributed by atoms with Gasteiger partial charge in [-0.1, -0.05) is 186 Å². The molecule has 15 rings (SSSR count). The van der Waals surface area contributed by atoms with Gasteiger partial charge in [-0.15, -0.1) is 0 Å². The van der Waals surface area contributed by atoms with Gasteiger partial charge in [-0.2, -0.15) is 15.0 Å². The maximum absolute atomic E-state index is 9.64. The highest BCUT2D eigenvalue weighted by Gasteiger charge is 2.28. The normalized spacial score (nSPS) is 13.6. The maximum Gasteiger partial charge on any atom is 0.240 e. The van der Waals surface area contributed by atoms with Gasteiger partial charge in [0.25, 0.3) is 0 Å². The number of rotatable bonds is 6. The molecule has 0 bridgehead atoms. The Hall–Kier alpha value is -8.63. The first kappa shape index (κ1) is 32.1. The fraction of sp³-hybridized carbons (Fsp3) is 0.0167. The van der Waals surface area contributed by atoms with Gasteiger partial charge >= 0.3 is 0 Å². The minimum atomic E-state index is 0.0903. The molecule has 7 nitrogen and oxygen atoms in total. The van der Waals surface area contributed by atoms with Crippen LogP contribution >= 0.6 is 22.7 Å². The van der Waals surface area contributed by atoms with Gasteiger partial charge in [0.05, 0.1) is 31.7 Å². The second-order valence-corrected chi connectivity index (χ2v) is 19.1. The topological polar surface area (TPSA) is 58.4 Å². The van der Waals surface area contributed by atoms with E-state index < -0.39 is 0 Å². The summed E-state index contributed by atoms with van der Waals surface area (Å²) in [4.78, 5) is 19.3. The Morgan fingerprint density at radius 2 is 0.797 bits per heavy atom. The van der Waals surface area contributed by atoms with Gasteiger partial charge in [0.15, 0.2) is 5.82 Å². The van der Waals surface area contributed by atoms with Crippen molar-refractivity contribution in [3.05, 3.63) is 212 Å². The quantitative estimate of drug-likeness (QED) is 0.167. The molecule has 0 aliphatic heterocycles. The number of para-hydroxylation sites is 6. The van der Waals surface area contributed by atoms with Gasteiger partial charge in [0.2, 0.25) is 11.9 Å².